The molecular weight excluding hydrogens is 200 g/mol. The molecule has 0 aliphatic carbocycles. The van der Waals surface area contributed by atoms with Gasteiger partial charge in [0.1, 0.15) is 0 Å². The maximum absolute atomic E-state index is 5.67. The van der Waals surface area contributed by atoms with Gasteiger partial charge in [0.05, 0.1) is 5.60 Å². The molecule has 2 unspecified atom stereocenters. The highest BCUT2D eigenvalue weighted by molar-refractivity contribution is 4.89. The molecule has 2 fully saturated rings. The molecule has 0 spiro atoms. The summed E-state index contributed by atoms with van der Waals surface area (Å²) in [5.41, 5.74) is 0.0879. The molecule has 0 radical (unpaired) electrons. The van der Waals surface area contributed by atoms with Gasteiger partial charge < -0.3 is 10.1 Å². The van der Waals surface area contributed by atoms with Crippen LogP contribution < -0.4 is 5.32 Å². The zero-order valence-electron chi connectivity index (χ0n) is 10.8. The van der Waals surface area contributed by atoms with Gasteiger partial charge in [0.25, 0.3) is 0 Å². The maximum Gasteiger partial charge on any atom is 0.0777 e. The summed E-state index contributed by atoms with van der Waals surface area (Å²) in [7, 11) is 1.86. The molecule has 0 saturated carbocycles. The van der Waals surface area contributed by atoms with Gasteiger partial charge in [-0.05, 0) is 45.7 Å². The molecular formula is C13H26N2O. The molecule has 0 aromatic heterocycles. The minimum atomic E-state index is 0.0879. The van der Waals surface area contributed by atoms with E-state index in [0.29, 0.717) is 0 Å². The Morgan fingerprint density at radius 1 is 1.31 bits per heavy atom. The Hall–Kier alpha value is -0.120. The van der Waals surface area contributed by atoms with Gasteiger partial charge in [0.2, 0.25) is 0 Å². The highest BCUT2D eigenvalue weighted by atomic mass is 16.5. The minimum absolute atomic E-state index is 0.0879. The molecule has 2 aliphatic heterocycles. The Bertz CT molecular complexity index is 214. The largest absolute Gasteiger partial charge is 0.377 e. The smallest absolute Gasteiger partial charge is 0.0777 e. The van der Waals surface area contributed by atoms with Crippen LogP contribution in [0.5, 0.6) is 0 Å². The zero-order valence-corrected chi connectivity index (χ0v) is 10.8. The summed E-state index contributed by atoms with van der Waals surface area (Å²) in [4.78, 5) is 2.64. The number of piperidine rings is 1. The lowest BCUT2D eigenvalue weighted by atomic mass is 9.93. The van der Waals surface area contributed by atoms with Gasteiger partial charge in [-0.1, -0.05) is 6.42 Å². The average Bonchev–Trinajstić information content (AvgIpc) is 2.58. The van der Waals surface area contributed by atoms with Crippen molar-refractivity contribution in [2.24, 2.45) is 0 Å². The number of hydrogen-bond acceptors (Lipinski definition) is 3. The van der Waals surface area contributed by atoms with Crippen molar-refractivity contribution in [3.05, 3.63) is 0 Å². The van der Waals surface area contributed by atoms with E-state index in [1.165, 1.54) is 51.7 Å². The van der Waals surface area contributed by atoms with Crippen LogP contribution in [-0.2, 0) is 4.74 Å². The molecule has 94 valence electrons. The van der Waals surface area contributed by atoms with Gasteiger partial charge in [0.15, 0.2) is 0 Å². The van der Waals surface area contributed by atoms with E-state index in [-0.39, 0.29) is 5.60 Å². The van der Waals surface area contributed by atoms with Crippen LogP contribution in [0.3, 0.4) is 0 Å². The molecule has 2 saturated heterocycles. The van der Waals surface area contributed by atoms with Crippen LogP contribution in [0.2, 0.25) is 0 Å². The van der Waals surface area contributed by atoms with E-state index in [1.54, 1.807) is 0 Å². The van der Waals surface area contributed by atoms with E-state index in [9.17, 15) is 0 Å². The van der Waals surface area contributed by atoms with Gasteiger partial charge in [-0.15, -0.1) is 0 Å². The third-order valence-electron chi connectivity index (χ3n) is 4.22. The van der Waals surface area contributed by atoms with Crippen molar-refractivity contribution in [1.29, 1.82) is 0 Å². The van der Waals surface area contributed by atoms with Crippen LogP contribution in [0.25, 0.3) is 0 Å². The predicted octanol–water partition coefficient (Wildman–Crippen LogP) is 1.63. The monoisotopic (exact) mass is 226 g/mol. The standard InChI is InChI=1S/C13H26N2O/c1-13(16-2)7-5-9-15(11-13)12-6-3-4-8-14-10-12/h12,14H,3-11H2,1-2H3. The Morgan fingerprint density at radius 3 is 3.00 bits per heavy atom. The Labute approximate surface area is 99.5 Å². The minimum Gasteiger partial charge on any atom is -0.377 e. The van der Waals surface area contributed by atoms with Crippen LogP contribution >= 0.6 is 0 Å². The van der Waals surface area contributed by atoms with Gasteiger partial charge >= 0.3 is 0 Å². The first kappa shape index (κ1) is 12.3. The van der Waals surface area contributed by atoms with E-state index >= 15 is 0 Å². The first-order valence-corrected chi connectivity index (χ1v) is 6.73. The van der Waals surface area contributed by atoms with E-state index in [4.69, 9.17) is 4.74 Å². The van der Waals surface area contributed by atoms with Crippen molar-refractivity contribution in [3.8, 4) is 0 Å². The van der Waals surface area contributed by atoms with Crippen LogP contribution in [0.15, 0.2) is 0 Å². The molecule has 0 aromatic rings. The summed E-state index contributed by atoms with van der Waals surface area (Å²) in [5, 5.41) is 3.56. The molecule has 0 amide bonds. The van der Waals surface area contributed by atoms with Crippen LogP contribution in [0, 0.1) is 0 Å². The Kier molecular flexibility index (Phi) is 4.22. The van der Waals surface area contributed by atoms with Crippen molar-refractivity contribution >= 4 is 0 Å². The second-order valence-corrected chi connectivity index (χ2v) is 5.58. The van der Waals surface area contributed by atoms with Crippen molar-refractivity contribution in [1.82, 2.24) is 10.2 Å². The Morgan fingerprint density at radius 2 is 2.19 bits per heavy atom. The number of hydrogen-bond donors (Lipinski definition) is 1. The quantitative estimate of drug-likeness (QED) is 0.774. The molecule has 0 bridgehead atoms. The van der Waals surface area contributed by atoms with Gasteiger partial charge in [-0.2, -0.15) is 0 Å². The zero-order chi connectivity index (χ0) is 11.4. The number of rotatable bonds is 2. The van der Waals surface area contributed by atoms with Crippen molar-refractivity contribution in [3.63, 3.8) is 0 Å². The molecule has 2 aliphatic rings. The van der Waals surface area contributed by atoms with Crippen LogP contribution in [0.1, 0.15) is 39.0 Å². The summed E-state index contributed by atoms with van der Waals surface area (Å²) in [5.74, 6) is 0. The fraction of sp³-hybridized carbons (Fsp3) is 1.00. The maximum atomic E-state index is 5.67. The molecule has 2 heterocycles. The average molecular weight is 226 g/mol. The summed E-state index contributed by atoms with van der Waals surface area (Å²) in [6, 6.07) is 0.734. The van der Waals surface area contributed by atoms with Gasteiger partial charge in [-0.25, -0.2) is 0 Å². The number of ether oxygens (including phenoxy) is 1. The highest BCUT2D eigenvalue weighted by Crippen LogP contribution is 2.26. The molecule has 16 heavy (non-hydrogen) atoms. The first-order valence-electron chi connectivity index (χ1n) is 6.73. The topological polar surface area (TPSA) is 24.5 Å². The van der Waals surface area contributed by atoms with E-state index in [2.05, 4.69) is 17.1 Å². The summed E-state index contributed by atoms with van der Waals surface area (Å²) < 4.78 is 5.67. The first-order chi connectivity index (χ1) is 7.73. The molecule has 2 rings (SSSR count). The van der Waals surface area contributed by atoms with Crippen LogP contribution in [0.4, 0.5) is 0 Å². The number of methoxy groups -OCH3 is 1. The SMILES string of the molecule is COC1(C)CCCN(C2CCCCNC2)C1. The van der Waals surface area contributed by atoms with E-state index in [1.807, 2.05) is 7.11 Å². The highest BCUT2D eigenvalue weighted by Gasteiger charge is 2.33. The number of nitrogens with one attached hydrogen (secondary N) is 1. The molecule has 3 nitrogen and oxygen atoms in total. The number of likely N-dealkylation sites (tertiary alicyclic amines) is 1. The van der Waals surface area contributed by atoms with E-state index < -0.39 is 0 Å². The van der Waals surface area contributed by atoms with Gasteiger partial charge in [-0.3, -0.25) is 4.90 Å². The fourth-order valence-corrected chi connectivity index (χ4v) is 3.03. The number of nitrogens with zero attached hydrogens (tertiary/aromatic N) is 1. The predicted molar refractivity (Wildman–Crippen MR) is 66.7 cm³/mol. The molecule has 3 heteroatoms. The molecule has 2 atom stereocenters. The molecule has 0 aromatic carbocycles. The Balaban J connectivity index is 1.92. The summed E-state index contributed by atoms with van der Waals surface area (Å²) >= 11 is 0. The second kappa shape index (κ2) is 5.48. The second-order valence-electron chi connectivity index (χ2n) is 5.58. The van der Waals surface area contributed by atoms with Crippen molar-refractivity contribution in [2.75, 3.05) is 33.3 Å². The lowest BCUT2D eigenvalue weighted by Gasteiger charge is -2.43. The van der Waals surface area contributed by atoms with Crippen molar-refractivity contribution in [2.45, 2.75) is 50.7 Å². The normalized spacial score (nSPS) is 38.2. The third-order valence-corrected chi connectivity index (χ3v) is 4.22. The van der Waals surface area contributed by atoms with E-state index in [0.717, 1.165) is 12.6 Å². The lowest BCUT2D eigenvalue weighted by Crippen LogP contribution is -2.53. The molecule has 1 N–H and O–H groups in total. The fourth-order valence-electron chi connectivity index (χ4n) is 3.03. The summed E-state index contributed by atoms with van der Waals surface area (Å²) in [6.45, 7) is 6.98. The van der Waals surface area contributed by atoms with Crippen LogP contribution in [-0.4, -0.2) is 49.8 Å². The summed E-state index contributed by atoms with van der Waals surface area (Å²) in [6.07, 6.45) is 6.55. The van der Waals surface area contributed by atoms with Crippen molar-refractivity contribution < 1.29 is 4.74 Å². The third kappa shape index (κ3) is 2.96. The van der Waals surface area contributed by atoms with Gasteiger partial charge in [0, 0.05) is 26.2 Å². The lowest BCUT2D eigenvalue weighted by molar-refractivity contribution is -0.0614.